The summed E-state index contributed by atoms with van der Waals surface area (Å²) in [5.74, 6) is 1.62. The minimum absolute atomic E-state index is 0.635. The SMILES string of the molecule is COc1ccc(C2CC(NCc3ccncc3)C2)cc1. The van der Waals surface area contributed by atoms with Gasteiger partial charge in [-0.2, -0.15) is 0 Å². The lowest BCUT2D eigenvalue weighted by Crippen LogP contribution is -2.39. The molecule has 0 saturated heterocycles. The van der Waals surface area contributed by atoms with E-state index in [9.17, 15) is 0 Å². The number of pyridine rings is 1. The highest BCUT2D eigenvalue weighted by atomic mass is 16.5. The smallest absolute Gasteiger partial charge is 0.118 e. The standard InChI is InChI=1S/C17H20N2O/c1-20-17-4-2-14(3-5-17)15-10-16(11-15)19-12-13-6-8-18-9-7-13/h2-9,15-16,19H,10-12H2,1H3. The van der Waals surface area contributed by atoms with Crippen molar-refractivity contribution < 1.29 is 4.74 Å². The van der Waals surface area contributed by atoms with E-state index in [-0.39, 0.29) is 0 Å². The monoisotopic (exact) mass is 268 g/mol. The molecule has 0 amide bonds. The summed E-state index contributed by atoms with van der Waals surface area (Å²) in [5.41, 5.74) is 2.72. The molecule has 0 aliphatic heterocycles. The van der Waals surface area contributed by atoms with Crippen molar-refractivity contribution in [3.8, 4) is 5.75 Å². The summed E-state index contributed by atoms with van der Waals surface area (Å²) in [5, 5.41) is 3.61. The molecule has 0 unspecified atom stereocenters. The van der Waals surface area contributed by atoms with Gasteiger partial charge in [0.2, 0.25) is 0 Å². The zero-order valence-electron chi connectivity index (χ0n) is 11.8. The maximum absolute atomic E-state index is 5.19. The lowest BCUT2D eigenvalue weighted by molar-refractivity contribution is 0.289. The van der Waals surface area contributed by atoms with E-state index in [1.165, 1.54) is 24.0 Å². The van der Waals surface area contributed by atoms with Crippen molar-refractivity contribution in [2.24, 2.45) is 0 Å². The van der Waals surface area contributed by atoms with Crippen LogP contribution in [0.25, 0.3) is 0 Å². The molecule has 3 heteroatoms. The minimum Gasteiger partial charge on any atom is -0.497 e. The second-order valence-electron chi connectivity index (χ2n) is 5.37. The van der Waals surface area contributed by atoms with Gasteiger partial charge in [-0.15, -0.1) is 0 Å². The van der Waals surface area contributed by atoms with Gasteiger partial charge in [0, 0.05) is 25.0 Å². The number of nitrogens with zero attached hydrogens (tertiary/aromatic N) is 1. The first-order chi connectivity index (χ1) is 9.85. The summed E-state index contributed by atoms with van der Waals surface area (Å²) < 4.78 is 5.19. The Morgan fingerprint density at radius 3 is 2.45 bits per heavy atom. The van der Waals surface area contributed by atoms with Gasteiger partial charge in [-0.1, -0.05) is 12.1 Å². The van der Waals surface area contributed by atoms with Gasteiger partial charge >= 0.3 is 0 Å². The largest absolute Gasteiger partial charge is 0.497 e. The van der Waals surface area contributed by atoms with E-state index in [4.69, 9.17) is 4.74 Å². The summed E-state index contributed by atoms with van der Waals surface area (Å²) in [6.07, 6.45) is 6.13. The van der Waals surface area contributed by atoms with Crippen LogP contribution in [0.1, 0.15) is 29.9 Å². The summed E-state index contributed by atoms with van der Waals surface area (Å²) in [7, 11) is 1.71. The predicted octanol–water partition coefficient (Wildman–Crippen LogP) is 3.13. The highest BCUT2D eigenvalue weighted by Gasteiger charge is 2.29. The number of hydrogen-bond donors (Lipinski definition) is 1. The van der Waals surface area contributed by atoms with E-state index in [1.807, 2.05) is 24.5 Å². The van der Waals surface area contributed by atoms with E-state index >= 15 is 0 Å². The fraction of sp³-hybridized carbons (Fsp3) is 0.353. The molecule has 0 spiro atoms. The van der Waals surface area contributed by atoms with Crippen LogP contribution in [-0.2, 0) is 6.54 Å². The van der Waals surface area contributed by atoms with E-state index in [0.29, 0.717) is 12.0 Å². The molecular formula is C17H20N2O. The van der Waals surface area contributed by atoms with E-state index in [0.717, 1.165) is 12.3 Å². The van der Waals surface area contributed by atoms with E-state index < -0.39 is 0 Å². The molecule has 1 aromatic heterocycles. The van der Waals surface area contributed by atoms with Crippen molar-refractivity contribution in [1.29, 1.82) is 0 Å². The Morgan fingerprint density at radius 1 is 1.10 bits per heavy atom. The average molecular weight is 268 g/mol. The molecule has 1 fully saturated rings. The summed E-state index contributed by atoms with van der Waals surface area (Å²) >= 11 is 0. The molecule has 2 aromatic rings. The normalized spacial score (nSPS) is 21.2. The van der Waals surface area contributed by atoms with Crippen molar-refractivity contribution in [3.63, 3.8) is 0 Å². The fourth-order valence-electron chi connectivity index (χ4n) is 2.70. The number of nitrogens with one attached hydrogen (secondary N) is 1. The summed E-state index contributed by atoms with van der Waals surface area (Å²) in [6.45, 7) is 0.933. The number of aromatic nitrogens is 1. The molecule has 1 heterocycles. The van der Waals surface area contributed by atoms with Crippen molar-refractivity contribution in [2.45, 2.75) is 31.3 Å². The van der Waals surface area contributed by atoms with Crippen LogP contribution >= 0.6 is 0 Å². The number of hydrogen-bond acceptors (Lipinski definition) is 3. The van der Waals surface area contributed by atoms with E-state index in [2.05, 4.69) is 34.6 Å². The number of methoxy groups -OCH3 is 1. The van der Waals surface area contributed by atoms with Crippen LogP contribution < -0.4 is 10.1 Å². The minimum atomic E-state index is 0.635. The highest BCUT2D eigenvalue weighted by Crippen LogP contribution is 2.37. The Morgan fingerprint density at radius 2 is 1.80 bits per heavy atom. The topological polar surface area (TPSA) is 34.1 Å². The third kappa shape index (κ3) is 2.99. The van der Waals surface area contributed by atoms with Gasteiger partial charge in [-0.3, -0.25) is 4.98 Å². The molecule has 1 aliphatic carbocycles. The maximum Gasteiger partial charge on any atom is 0.118 e. The van der Waals surface area contributed by atoms with Gasteiger partial charge in [0.15, 0.2) is 0 Å². The zero-order chi connectivity index (χ0) is 13.8. The van der Waals surface area contributed by atoms with Crippen molar-refractivity contribution >= 4 is 0 Å². The highest BCUT2D eigenvalue weighted by molar-refractivity contribution is 5.31. The molecule has 3 rings (SSSR count). The molecule has 1 aliphatic rings. The number of benzene rings is 1. The maximum atomic E-state index is 5.19. The lowest BCUT2D eigenvalue weighted by Gasteiger charge is -2.36. The molecule has 0 bridgehead atoms. The number of ether oxygens (including phenoxy) is 1. The molecule has 0 radical (unpaired) electrons. The van der Waals surface area contributed by atoms with Crippen LogP contribution in [0, 0.1) is 0 Å². The molecule has 0 atom stereocenters. The summed E-state index contributed by atoms with van der Waals surface area (Å²) in [4.78, 5) is 4.03. The molecule has 3 nitrogen and oxygen atoms in total. The van der Waals surface area contributed by atoms with Crippen LogP contribution in [0.4, 0.5) is 0 Å². The van der Waals surface area contributed by atoms with Crippen LogP contribution in [0.3, 0.4) is 0 Å². The first-order valence-corrected chi connectivity index (χ1v) is 7.11. The molecule has 1 saturated carbocycles. The van der Waals surface area contributed by atoms with Crippen molar-refractivity contribution in [3.05, 3.63) is 59.9 Å². The van der Waals surface area contributed by atoms with Gasteiger partial charge in [-0.05, 0) is 54.2 Å². The second-order valence-corrected chi connectivity index (χ2v) is 5.37. The fourth-order valence-corrected chi connectivity index (χ4v) is 2.70. The first kappa shape index (κ1) is 13.1. The average Bonchev–Trinajstić information content (AvgIpc) is 2.47. The van der Waals surface area contributed by atoms with Gasteiger partial charge in [-0.25, -0.2) is 0 Å². The Balaban J connectivity index is 1.46. The third-order valence-electron chi connectivity index (χ3n) is 4.07. The van der Waals surface area contributed by atoms with E-state index in [1.54, 1.807) is 7.11 Å². The van der Waals surface area contributed by atoms with Gasteiger partial charge in [0.25, 0.3) is 0 Å². The van der Waals surface area contributed by atoms with Crippen molar-refractivity contribution in [2.75, 3.05) is 7.11 Å². The molecule has 104 valence electrons. The molecule has 1 aromatic carbocycles. The van der Waals surface area contributed by atoms with Crippen LogP contribution in [0.2, 0.25) is 0 Å². The van der Waals surface area contributed by atoms with Crippen molar-refractivity contribution in [1.82, 2.24) is 10.3 Å². The van der Waals surface area contributed by atoms with Gasteiger partial charge in [0.1, 0.15) is 5.75 Å². The van der Waals surface area contributed by atoms with Gasteiger partial charge in [0.05, 0.1) is 7.11 Å². The third-order valence-corrected chi connectivity index (χ3v) is 4.07. The Labute approximate surface area is 120 Å². The molecule has 20 heavy (non-hydrogen) atoms. The van der Waals surface area contributed by atoms with Crippen LogP contribution in [0.15, 0.2) is 48.8 Å². The Bertz CT molecular complexity index is 533. The lowest BCUT2D eigenvalue weighted by atomic mass is 9.76. The quantitative estimate of drug-likeness (QED) is 0.904. The zero-order valence-corrected chi connectivity index (χ0v) is 11.8. The van der Waals surface area contributed by atoms with Crippen LogP contribution in [0.5, 0.6) is 5.75 Å². The Kier molecular flexibility index (Phi) is 3.97. The predicted molar refractivity (Wildman–Crippen MR) is 79.8 cm³/mol. The molecular weight excluding hydrogens is 248 g/mol. The Hall–Kier alpha value is -1.87. The van der Waals surface area contributed by atoms with Crippen LogP contribution in [-0.4, -0.2) is 18.1 Å². The number of rotatable bonds is 5. The molecule has 1 N–H and O–H groups in total. The summed E-state index contributed by atoms with van der Waals surface area (Å²) in [6, 6.07) is 13.2. The second kappa shape index (κ2) is 6.06. The first-order valence-electron chi connectivity index (χ1n) is 7.11. The van der Waals surface area contributed by atoms with Gasteiger partial charge < -0.3 is 10.1 Å².